The van der Waals surface area contributed by atoms with Crippen LogP contribution in [0.1, 0.15) is 89.5 Å². The van der Waals surface area contributed by atoms with Crippen LogP contribution in [-0.4, -0.2) is 37.7 Å². The molecule has 0 aromatic heterocycles. The van der Waals surface area contributed by atoms with E-state index in [4.69, 9.17) is 0 Å². The first-order chi connectivity index (χ1) is 9.93. The average Bonchev–Trinajstić information content (AvgIpc) is 2.49. The van der Waals surface area contributed by atoms with Crippen molar-refractivity contribution in [2.75, 3.05) is 0 Å². The summed E-state index contributed by atoms with van der Waals surface area (Å²) in [4.78, 5) is 0. The SMILES string of the molecule is CCCCCCCCCCCCCCc1ccccc1.[Ca+2]. The van der Waals surface area contributed by atoms with Gasteiger partial charge in [-0.05, 0) is 18.4 Å². The average molecular weight is 315 g/mol. The standard InChI is InChI=1S/C20H34.Ca/c1-2-3-4-5-6-7-8-9-10-11-12-14-17-20-18-15-13-16-19-20;/h13,15-16,18-19H,2-12,14,17H2,1H3;/q;+2. The summed E-state index contributed by atoms with van der Waals surface area (Å²) in [5.41, 5.74) is 1.50. The molecule has 114 valence electrons. The monoisotopic (exact) mass is 314 g/mol. The summed E-state index contributed by atoms with van der Waals surface area (Å²) in [6.07, 6.45) is 18.5. The number of benzene rings is 1. The second-order valence-electron chi connectivity index (χ2n) is 6.12. The van der Waals surface area contributed by atoms with Crippen molar-refractivity contribution >= 4 is 37.7 Å². The third-order valence-electron chi connectivity index (χ3n) is 4.16. The van der Waals surface area contributed by atoms with E-state index in [-0.39, 0.29) is 37.7 Å². The van der Waals surface area contributed by atoms with Crippen molar-refractivity contribution in [1.29, 1.82) is 0 Å². The van der Waals surface area contributed by atoms with E-state index in [1.165, 1.54) is 89.0 Å². The minimum Gasteiger partial charge on any atom is -0.0654 e. The zero-order valence-corrected chi connectivity index (χ0v) is 16.5. The Hall–Kier alpha value is 0.480. The van der Waals surface area contributed by atoms with Gasteiger partial charge in [0.15, 0.2) is 0 Å². The zero-order valence-electron chi connectivity index (χ0n) is 14.3. The van der Waals surface area contributed by atoms with Crippen LogP contribution in [-0.2, 0) is 6.42 Å². The molecule has 21 heavy (non-hydrogen) atoms. The first-order valence-corrected chi connectivity index (χ1v) is 8.97. The van der Waals surface area contributed by atoms with Gasteiger partial charge >= 0.3 is 37.7 Å². The summed E-state index contributed by atoms with van der Waals surface area (Å²) in [5.74, 6) is 0. The number of hydrogen-bond donors (Lipinski definition) is 0. The molecule has 0 unspecified atom stereocenters. The molecular formula is C20H34Ca+2. The Kier molecular flexibility index (Phi) is 17.2. The van der Waals surface area contributed by atoms with E-state index >= 15 is 0 Å². The van der Waals surface area contributed by atoms with Crippen molar-refractivity contribution in [1.82, 2.24) is 0 Å². The number of rotatable bonds is 13. The van der Waals surface area contributed by atoms with Gasteiger partial charge in [0.05, 0.1) is 0 Å². The molecule has 0 fully saturated rings. The van der Waals surface area contributed by atoms with Gasteiger partial charge in [0.2, 0.25) is 0 Å². The predicted octanol–water partition coefficient (Wildman–Crippen LogP) is 6.55. The van der Waals surface area contributed by atoms with E-state index < -0.39 is 0 Å². The molecule has 0 aliphatic heterocycles. The molecule has 0 amide bonds. The minimum absolute atomic E-state index is 0. The number of hydrogen-bond acceptors (Lipinski definition) is 0. The summed E-state index contributed by atoms with van der Waals surface area (Å²) in [7, 11) is 0. The number of unbranched alkanes of at least 4 members (excludes halogenated alkanes) is 11. The van der Waals surface area contributed by atoms with Crippen molar-refractivity contribution in [3.8, 4) is 0 Å². The molecule has 0 saturated carbocycles. The Balaban J connectivity index is 0.00000400. The fourth-order valence-corrected chi connectivity index (χ4v) is 2.81. The van der Waals surface area contributed by atoms with E-state index in [0.29, 0.717) is 0 Å². The Bertz CT molecular complexity index is 294. The molecule has 0 atom stereocenters. The van der Waals surface area contributed by atoms with Crippen LogP contribution >= 0.6 is 0 Å². The molecule has 0 heterocycles. The third kappa shape index (κ3) is 13.8. The van der Waals surface area contributed by atoms with Crippen molar-refractivity contribution in [2.24, 2.45) is 0 Å². The fraction of sp³-hybridized carbons (Fsp3) is 0.700. The van der Waals surface area contributed by atoms with Gasteiger partial charge in [0.1, 0.15) is 0 Å². The topological polar surface area (TPSA) is 0 Å². The maximum Gasteiger partial charge on any atom is 2.00 e. The summed E-state index contributed by atoms with van der Waals surface area (Å²) in [6.45, 7) is 2.29. The summed E-state index contributed by atoms with van der Waals surface area (Å²) >= 11 is 0. The van der Waals surface area contributed by atoms with E-state index in [0.717, 1.165) is 0 Å². The first kappa shape index (κ1) is 21.5. The molecule has 1 heteroatoms. The van der Waals surface area contributed by atoms with Crippen molar-refractivity contribution in [2.45, 2.75) is 90.4 Å². The molecular weight excluding hydrogens is 280 g/mol. The van der Waals surface area contributed by atoms with Gasteiger partial charge in [0, 0.05) is 0 Å². The van der Waals surface area contributed by atoms with Crippen molar-refractivity contribution in [3.05, 3.63) is 35.9 Å². The summed E-state index contributed by atoms with van der Waals surface area (Å²) in [5, 5.41) is 0. The molecule has 0 radical (unpaired) electrons. The van der Waals surface area contributed by atoms with E-state index in [1.807, 2.05) is 0 Å². The van der Waals surface area contributed by atoms with Gasteiger partial charge in [-0.25, -0.2) is 0 Å². The molecule has 0 aliphatic rings. The van der Waals surface area contributed by atoms with Gasteiger partial charge in [0.25, 0.3) is 0 Å². The zero-order chi connectivity index (χ0) is 14.3. The van der Waals surface area contributed by atoms with Gasteiger partial charge < -0.3 is 0 Å². The molecule has 0 saturated heterocycles. The normalized spacial score (nSPS) is 10.3. The maximum atomic E-state index is 2.29. The van der Waals surface area contributed by atoms with Crippen molar-refractivity contribution < 1.29 is 0 Å². The van der Waals surface area contributed by atoms with Crippen LogP contribution in [0.2, 0.25) is 0 Å². The summed E-state index contributed by atoms with van der Waals surface area (Å²) in [6, 6.07) is 10.9. The molecule has 0 nitrogen and oxygen atoms in total. The Labute approximate surface area is 163 Å². The molecule has 0 aliphatic carbocycles. The fourth-order valence-electron chi connectivity index (χ4n) is 2.81. The second kappa shape index (κ2) is 16.8. The molecule has 0 N–H and O–H groups in total. The quantitative estimate of drug-likeness (QED) is 0.286. The molecule has 1 rings (SSSR count). The third-order valence-corrected chi connectivity index (χ3v) is 4.16. The van der Waals surface area contributed by atoms with Gasteiger partial charge in [-0.1, -0.05) is 108 Å². The molecule has 1 aromatic rings. The summed E-state index contributed by atoms with van der Waals surface area (Å²) < 4.78 is 0. The molecule has 0 spiro atoms. The second-order valence-corrected chi connectivity index (χ2v) is 6.12. The first-order valence-electron chi connectivity index (χ1n) is 8.97. The Morgan fingerprint density at radius 1 is 0.571 bits per heavy atom. The van der Waals surface area contributed by atoms with Crippen LogP contribution in [0.25, 0.3) is 0 Å². The van der Waals surface area contributed by atoms with Crippen LogP contribution < -0.4 is 0 Å². The van der Waals surface area contributed by atoms with Crippen LogP contribution in [0.3, 0.4) is 0 Å². The smallest absolute Gasteiger partial charge is 0.0654 e. The molecule has 0 bridgehead atoms. The van der Waals surface area contributed by atoms with Crippen molar-refractivity contribution in [3.63, 3.8) is 0 Å². The molecule has 1 aromatic carbocycles. The van der Waals surface area contributed by atoms with E-state index in [9.17, 15) is 0 Å². The number of aryl methyl sites for hydroxylation is 1. The largest absolute Gasteiger partial charge is 2.00 e. The van der Waals surface area contributed by atoms with Crippen LogP contribution in [0.15, 0.2) is 30.3 Å². The minimum atomic E-state index is 0. The van der Waals surface area contributed by atoms with Gasteiger partial charge in [-0.3, -0.25) is 0 Å². The van der Waals surface area contributed by atoms with Gasteiger partial charge in [-0.15, -0.1) is 0 Å². The predicted molar refractivity (Wildman–Crippen MR) is 97.0 cm³/mol. The van der Waals surface area contributed by atoms with Gasteiger partial charge in [-0.2, -0.15) is 0 Å². The van der Waals surface area contributed by atoms with E-state index in [1.54, 1.807) is 0 Å². The maximum absolute atomic E-state index is 2.29. The Morgan fingerprint density at radius 3 is 1.48 bits per heavy atom. The van der Waals surface area contributed by atoms with Crippen LogP contribution in [0, 0.1) is 0 Å². The Morgan fingerprint density at radius 2 is 1.00 bits per heavy atom. The van der Waals surface area contributed by atoms with E-state index in [2.05, 4.69) is 37.3 Å². The van der Waals surface area contributed by atoms with Crippen LogP contribution in [0.5, 0.6) is 0 Å². The van der Waals surface area contributed by atoms with Crippen LogP contribution in [0.4, 0.5) is 0 Å².